The van der Waals surface area contributed by atoms with Gasteiger partial charge in [-0.2, -0.15) is 0 Å². The van der Waals surface area contributed by atoms with Crippen molar-refractivity contribution in [2.24, 2.45) is 0 Å². The number of anilines is 1. The molecule has 35 heavy (non-hydrogen) atoms. The number of carbonyl (C=O) groups excluding carboxylic acids is 2. The van der Waals surface area contributed by atoms with Crippen LogP contribution in [-0.4, -0.2) is 34.3 Å². The number of nitrogens with one attached hydrogen (secondary N) is 1. The molecule has 3 aromatic carbocycles. The zero-order valence-electron chi connectivity index (χ0n) is 20.2. The smallest absolute Gasteiger partial charge is 0.327 e. The molecule has 3 rings (SSSR count). The van der Waals surface area contributed by atoms with Crippen molar-refractivity contribution in [3.63, 3.8) is 0 Å². The summed E-state index contributed by atoms with van der Waals surface area (Å²) in [5, 5.41) is 5.06. The number of hydrogen-bond acceptors (Lipinski definition) is 4. The summed E-state index contributed by atoms with van der Waals surface area (Å²) in [4.78, 5) is 25.7. The first-order chi connectivity index (χ1) is 16.3. The Morgan fingerprint density at radius 3 is 2.29 bits per heavy atom. The summed E-state index contributed by atoms with van der Waals surface area (Å²) in [5.41, 5.74) is 0.342. The lowest BCUT2D eigenvalue weighted by Crippen LogP contribution is -2.36. The summed E-state index contributed by atoms with van der Waals surface area (Å²) in [6, 6.07) is 15.3. The quantitative estimate of drug-likeness (QED) is 0.368. The molecule has 0 fully saturated rings. The van der Waals surface area contributed by atoms with Gasteiger partial charge < -0.3 is 10.1 Å². The zero-order chi connectivity index (χ0) is 25.9. The van der Waals surface area contributed by atoms with E-state index in [1.807, 2.05) is 19.9 Å². The van der Waals surface area contributed by atoms with E-state index < -0.39 is 22.6 Å². The molecule has 0 heterocycles. The molecular formula is C26H28Cl2N2O4S. The maximum absolute atomic E-state index is 13.6. The predicted molar refractivity (Wildman–Crippen MR) is 143 cm³/mol. The molecule has 6 nitrogen and oxygen atoms in total. The van der Waals surface area contributed by atoms with E-state index in [1.165, 1.54) is 4.31 Å². The van der Waals surface area contributed by atoms with Crippen molar-refractivity contribution in [3.8, 4) is 0 Å². The Morgan fingerprint density at radius 2 is 1.69 bits per heavy atom. The Bertz CT molecular complexity index is 1270. The van der Waals surface area contributed by atoms with Gasteiger partial charge in [0.15, 0.2) is 11.0 Å². The topological polar surface area (TPSA) is 75.7 Å². The van der Waals surface area contributed by atoms with Gasteiger partial charge in [-0.1, -0.05) is 41.4 Å². The molecule has 1 amide bonds. The molecular weight excluding hydrogens is 507 g/mol. The molecule has 0 saturated heterocycles. The van der Waals surface area contributed by atoms with Gasteiger partial charge in [-0.15, -0.1) is 0 Å². The van der Waals surface area contributed by atoms with Gasteiger partial charge in [-0.05, 0) is 81.8 Å². The molecule has 0 saturated carbocycles. The zero-order valence-corrected chi connectivity index (χ0v) is 22.6. The van der Waals surface area contributed by atoms with Crippen LogP contribution in [0.4, 0.5) is 5.69 Å². The van der Waals surface area contributed by atoms with Gasteiger partial charge in [-0.3, -0.25) is 13.9 Å². The van der Waals surface area contributed by atoms with Crippen LogP contribution in [0, 0.1) is 0 Å². The fraction of sp³-hybridized carbons (Fsp3) is 0.308. The molecule has 0 aliphatic carbocycles. The van der Waals surface area contributed by atoms with Crippen LogP contribution in [0.2, 0.25) is 10.0 Å². The molecule has 0 bridgehead atoms. The maximum atomic E-state index is 13.6. The third-order valence-corrected chi connectivity index (χ3v) is 6.56. The summed E-state index contributed by atoms with van der Waals surface area (Å²) in [6.07, 6.45) is 0. The summed E-state index contributed by atoms with van der Waals surface area (Å²) < 4.78 is 20.5. The number of benzene rings is 3. The van der Waals surface area contributed by atoms with Crippen LogP contribution in [0.25, 0.3) is 10.8 Å². The minimum Gasteiger partial charge on any atom is -0.459 e. The number of halogens is 2. The fourth-order valence-corrected chi connectivity index (χ4v) is 5.35. The van der Waals surface area contributed by atoms with Crippen LogP contribution in [0.15, 0.2) is 59.5 Å². The Kier molecular flexibility index (Phi) is 8.46. The Morgan fingerprint density at radius 1 is 1.03 bits per heavy atom. The van der Waals surface area contributed by atoms with Gasteiger partial charge in [0, 0.05) is 21.7 Å². The van der Waals surface area contributed by atoms with Gasteiger partial charge in [0.25, 0.3) is 5.91 Å². The third-order valence-electron chi connectivity index (χ3n) is 4.75. The molecule has 0 aliphatic rings. The molecule has 0 spiro atoms. The second-order valence-corrected chi connectivity index (χ2v) is 11.6. The summed E-state index contributed by atoms with van der Waals surface area (Å²) in [5.74, 6) is -0.717. The summed E-state index contributed by atoms with van der Waals surface area (Å²) >= 11 is 12.3. The lowest BCUT2D eigenvalue weighted by molar-refractivity contribution is -0.152. The Balaban J connectivity index is 2.06. The average Bonchev–Trinajstić information content (AvgIpc) is 2.73. The van der Waals surface area contributed by atoms with Crippen molar-refractivity contribution in [2.75, 3.05) is 10.8 Å². The first-order valence-corrected chi connectivity index (χ1v) is 12.9. The van der Waals surface area contributed by atoms with E-state index in [0.717, 1.165) is 10.8 Å². The van der Waals surface area contributed by atoms with Crippen molar-refractivity contribution < 1.29 is 18.5 Å². The van der Waals surface area contributed by atoms with Crippen LogP contribution in [0.5, 0.6) is 0 Å². The largest absolute Gasteiger partial charge is 0.459 e. The van der Waals surface area contributed by atoms with Crippen molar-refractivity contribution in [1.29, 1.82) is 0 Å². The van der Waals surface area contributed by atoms with Gasteiger partial charge in [-0.25, -0.2) is 4.21 Å². The van der Waals surface area contributed by atoms with E-state index in [0.29, 0.717) is 26.2 Å². The normalized spacial score (nSPS) is 12.5. The highest BCUT2D eigenvalue weighted by atomic mass is 35.5. The molecule has 1 atom stereocenters. The lowest BCUT2D eigenvalue weighted by atomic mass is 10.0. The number of amides is 1. The van der Waals surface area contributed by atoms with E-state index in [2.05, 4.69) is 5.32 Å². The minimum atomic E-state index is -1.82. The van der Waals surface area contributed by atoms with Crippen molar-refractivity contribution >= 4 is 62.5 Å². The first kappa shape index (κ1) is 27.0. The number of carbonyl (C=O) groups is 2. The Hall–Kier alpha value is -2.61. The van der Waals surface area contributed by atoms with Crippen molar-refractivity contribution in [2.45, 2.75) is 51.2 Å². The van der Waals surface area contributed by atoms with Crippen molar-refractivity contribution in [3.05, 3.63) is 70.2 Å². The van der Waals surface area contributed by atoms with Crippen LogP contribution in [0.3, 0.4) is 0 Å². The molecule has 0 aromatic heterocycles. The van der Waals surface area contributed by atoms with E-state index >= 15 is 0 Å². The van der Waals surface area contributed by atoms with E-state index in [-0.39, 0.29) is 18.5 Å². The standard InChI is InChI=1S/C26H28Cl2N2O4S/c1-16(2)29-25(32)23-8-6-7-17-11-20(9-10-22(17)23)30(15-24(31)34-26(3,4)5)35(33)21-13-18(27)12-19(28)14-21/h6-14,16H,15H2,1-5H3,(H,29,32). The SMILES string of the molecule is CC(C)NC(=O)c1cccc2cc(N(CC(=O)OC(C)(C)C)S(=O)c3cc(Cl)cc(Cl)c3)ccc12. The van der Waals surface area contributed by atoms with E-state index in [1.54, 1.807) is 69.3 Å². The number of rotatable bonds is 7. The van der Waals surface area contributed by atoms with Gasteiger partial charge in [0.2, 0.25) is 0 Å². The van der Waals surface area contributed by atoms with Crippen LogP contribution < -0.4 is 9.62 Å². The number of ether oxygens (including phenoxy) is 1. The molecule has 1 N–H and O–H groups in total. The number of esters is 1. The first-order valence-electron chi connectivity index (χ1n) is 11.0. The molecule has 9 heteroatoms. The molecule has 3 aromatic rings. The maximum Gasteiger partial charge on any atom is 0.327 e. The van der Waals surface area contributed by atoms with E-state index in [9.17, 15) is 13.8 Å². The summed E-state index contributed by atoms with van der Waals surface area (Å²) in [7, 11) is -1.82. The lowest BCUT2D eigenvalue weighted by Gasteiger charge is -2.26. The molecule has 186 valence electrons. The van der Waals surface area contributed by atoms with Crippen molar-refractivity contribution in [1.82, 2.24) is 5.32 Å². The Labute approximate surface area is 218 Å². The third kappa shape index (κ3) is 7.19. The summed E-state index contributed by atoms with van der Waals surface area (Å²) in [6.45, 7) is 8.82. The number of fused-ring (bicyclic) bond motifs is 1. The predicted octanol–water partition coefficient (Wildman–Crippen LogP) is 6.16. The van der Waals surface area contributed by atoms with E-state index in [4.69, 9.17) is 27.9 Å². The van der Waals surface area contributed by atoms with Gasteiger partial charge in [0.1, 0.15) is 12.1 Å². The van der Waals surface area contributed by atoms with Crippen LogP contribution >= 0.6 is 23.2 Å². The van der Waals surface area contributed by atoms with Gasteiger partial charge in [0.05, 0.1) is 10.6 Å². The average molecular weight is 535 g/mol. The highest BCUT2D eigenvalue weighted by molar-refractivity contribution is 7.86. The molecule has 0 radical (unpaired) electrons. The molecule has 0 aliphatic heterocycles. The monoisotopic (exact) mass is 534 g/mol. The molecule has 1 unspecified atom stereocenters. The minimum absolute atomic E-state index is 0.00621. The number of nitrogens with zero attached hydrogens (tertiary/aromatic N) is 1. The highest BCUT2D eigenvalue weighted by Crippen LogP contribution is 2.29. The van der Waals surface area contributed by atoms with Crippen LogP contribution in [-0.2, 0) is 20.5 Å². The second-order valence-electron chi connectivity index (χ2n) is 9.32. The number of hydrogen-bond donors (Lipinski definition) is 1. The van der Waals surface area contributed by atoms with Gasteiger partial charge >= 0.3 is 5.97 Å². The van der Waals surface area contributed by atoms with Crippen LogP contribution in [0.1, 0.15) is 45.0 Å². The fourth-order valence-electron chi connectivity index (χ4n) is 3.46. The second kappa shape index (κ2) is 11.0. The highest BCUT2D eigenvalue weighted by Gasteiger charge is 2.25.